The normalized spacial score (nSPS) is 66.9. The first-order valence-electron chi connectivity index (χ1n) is 4.69. The highest BCUT2D eigenvalue weighted by atomic mass is 79.9. The van der Waals surface area contributed by atoms with Crippen LogP contribution in [0.3, 0.4) is 0 Å². The van der Waals surface area contributed by atoms with Gasteiger partial charge in [0.25, 0.3) is 0 Å². The van der Waals surface area contributed by atoms with Crippen molar-refractivity contribution < 1.29 is 4.79 Å². The Morgan fingerprint density at radius 2 is 2.17 bits per heavy atom. The topological polar surface area (TPSA) is 17.1 Å². The van der Waals surface area contributed by atoms with Gasteiger partial charge in [-0.1, -0.05) is 29.8 Å². The van der Waals surface area contributed by atoms with Crippen LogP contribution < -0.4 is 0 Å². The molecule has 0 aromatic rings. The third kappa shape index (κ3) is 0.417. The summed E-state index contributed by atoms with van der Waals surface area (Å²) < 4.78 is -0.0885. The van der Waals surface area contributed by atoms with Crippen molar-refractivity contribution in [2.24, 2.45) is 16.7 Å². The fraction of sp³-hybridized carbons (Fsp3) is 0.900. The van der Waals surface area contributed by atoms with Crippen LogP contribution in [0.25, 0.3) is 0 Å². The number of carbonyl (C=O) groups is 1. The largest absolute Gasteiger partial charge is 0.297 e. The van der Waals surface area contributed by atoms with Crippen molar-refractivity contribution >= 4 is 21.7 Å². The fourth-order valence-corrected chi connectivity index (χ4v) is 5.82. The molecule has 0 N–H and O–H groups in total. The fourth-order valence-electron chi connectivity index (χ4n) is 4.07. The Morgan fingerprint density at radius 3 is 2.50 bits per heavy atom. The van der Waals surface area contributed by atoms with Crippen LogP contribution in [-0.4, -0.2) is 10.1 Å². The Balaban J connectivity index is 2.24. The number of halogens is 1. The molecule has 12 heavy (non-hydrogen) atoms. The first-order valence-corrected chi connectivity index (χ1v) is 5.48. The maximum absolute atomic E-state index is 12.0. The highest BCUT2D eigenvalue weighted by Crippen LogP contribution is 2.81. The van der Waals surface area contributed by atoms with E-state index in [9.17, 15) is 4.79 Å². The molecule has 4 saturated carbocycles. The molecular formula is C10H13BrO. The second-order valence-electron chi connectivity index (χ2n) is 5.21. The quantitative estimate of drug-likeness (QED) is 0.583. The third-order valence-corrected chi connectivity index (χ3v) is 6.21. The molecule has 4 atom stereocenters. The highest BCUT2D eigenvalue weighted by molar-refractivity contribution is 9.10. The molecule has 0 heterocycles. The second kappa shape index (κ2) is 1.56. The van der Waals surface area contributed by atoms with Gasteiger partial charge in [0, 0.05) is 5.41 Å². The van der Waals surface area contributed by atoms with E-state index in [0.717, 1.165) is 12.8 Å². The first-order chi connectivity index (χ1) is 5.45. The average molecular weight is 229 g/mol. The molecule has 0 aromatic carbocycles. The van der Waals surface area contributed by atoms with E-state index in [1.54, 1.807) is 0 Å². The summed E-state index contributed by atoms with van der Waals surface area (Å²) in [6.07, 6.45) is 3.46. The first kappa shape index (κ1) is 7.54. The minimum atomic E-state index is -0.0885. The van der Waals surface area contributed by atoms with Crippen molar-refractivity contribution in [3.63, 3.8) is 0 Å². The molecule has 0 spiro atoms. The molecule has 0 aliphatic heterocycles. The summed E-state index contributed by atoms with van der Waals surface area (Å²) in [6, 6.07) is 0. The van der Waals surface area contributed by atoms with Crippen molar-refractivity contribution in [2.45, 2.75) is 37.4 Å². The summed E-state index contributed by atoms with van der Waals surface area (Å²) in [5.74, 6) is 1.14. The van der Waals surface area contributed by atoms with Crippen molar-refractivity contribution in [1.82, 2.24) is 0 Å². The van der Waals surface area contributed by atoms with Crippen LogP contribution in [0.5, 0.6) is 0 Å². The Morgan fingerprint density at radius 1 is 1.50 bits per heavy atom. The lowest BCUT2D eigenvalue weighted by Crippen LogP contribution is -2.49. The van der Waals surface area contributed by atoms with Gasteiger partial charge in [0.1, 0.15) is 0 Å². The lowest BCUT2D eigenvalue weighted by atomic mass is 9.60. The van der Waals surface area contributed by atoms with E-state index in [4.69, 9.17) is 0 Å². The van der Waals surface area contributed by atoms with Gasteiger partial charge in [0.05, 0.1) is 4.32 Å². The zero-order chi connectivity index (χ0) is 8.78. The molecule has 1 nitrogen and oxygen atoms in total. The Labute approximate surface area is 81.0 Å². The molecule has 2 heteroatoms. The lowest BCUT2D eigenvalue weighted by molar-refractivity contribution is -0.126. The van der Waals surface area contributed by atoms with Crippen molar-refractivity contribution in [3.8, 4) is 0 Å². The Bertz CT molecular complexity index is 300. The summed E-state index contributed by atoms with van der Waals surface area (Å²) in [4.78, 5) is 12.0. The summed E-state index contributed by atoms with van der Waals surface area (Å²) in [7, 11) is 0. The molecule has 0 aromatic heterocycles. The predicted octanol–water partition coefficient (Wildman–Crippen LogP) is 2.53. The van der Waals surface area contributed by atoms with Crippen LogP contribution in [0.2, 0.25) is 0 Å². The number of hydrogen-bond donors (Lipinski definition) is 0. The molecule has 4 rings (SSSR count). The van der Waals surface area contributed by atoms with Crippen LogP contribution in [0.4, 0.5) is 0 Å². The van der Waals surface area contributed by atoms with Crippen LogP contribution in [-0.2, 0) is 4.79 Å². The van der Waals surface area contributed by atoms with E-state index in [-0.39, 0.29) is 9.74 Å². The standard InChI is InChI=1S/C10H13BrO/c1-8-4-3-6-9(8,2)5-10(6,11)7(8)12/h6H,3-5H2,1-2H3/t6-,8-,9+,10+/m1/s1. The van der Waals surface area contributed by atoms with Crippen LogP contribution in [0, 0.1) is 16.7 Å². The Hall–Kier alpha value is 0.150. The van der Waals surface area contributed by atoms with Gasteiger partial charge in [-0.25, -0.2) is 0 Å². The van der Waals surface area contributed by atoms with Gasteiger partial charge in [-0.05, 0) is 30.6 Å². The smallest absolute Gasteiger partial charge is 0.156 e. The summed E-state index contributed by atoms with van der Waals surface area (Å²) >= 11 is 3.65. The van der Waals surface area contributed by atoms with Crippen LogP contribution in [0.1, 0.15) is 33.1 Å². The van der Waals surface area contributed by atoms with Crippen molar-refractivity contribution in [1.29, 1.82) is 0 Å². The van der Waals surface area contributed by atoms with Crippen LogP contribution >= 0.6 is 15.9 Å². The summed E-state index contributed by atoms with van der Waals surface area (Å²) in [6.45, 7) is 4.47. The van der Waals surface area contributed by atoms with Crippen LogP contribution in [0.15, 0.2) is 0 Å². The monoisotopic (exact) mass is 228 g/mol. The zero-order valence-electron chi connectivity index (χ0n) is 7.48. The summed E-state index contributed by atoms with van der Waals surface area (Å²) in [5, 5.41) is 0. The minimum Gasteiger partial charge on any atom is -0.297 e. The average Bonchev–Trinajstić information content (AvgIpc) is 2.30. The van der Waals surface area contributed by atoms with Gasteiger partial charge >= 0.3 is 0 Å². The van der Waals surface area contributed by atoms with Gasteiger partial charge in [0.15, 0.2) is 5.78 Å². The van der Waals surface area contributed by atoms with E-state index < -0.39 is 0 Å². The molecule has 0 saturated heterocycles. The number of hydrogen-bond acceptors (Lipinski definition) is 1. The molecule has 0 unspecified atom stereocenters. The maximum atomic E-state index is 12.0. The molecule has 4 aliphatic rings. The highest BCUT2D eigenvalue weighted by Gasteiger charge is 2.82. The van der Waals surface area contributed by atoms with Gasteiger partial charge in [-0.3, -0.25) is 4.79 Å². The molecule has 4 fully saturated rings. The number of Topliss-reactive ketones (excluding diaryl/α,β-unsaturated/α-hetero) is 1. The van der Waals surface area contributed by atoms with E-state index in [0.29, 0.717) is 17.1 Å². The van der Waals surface area contributed by atoms with Gasteiger partial charge in [-0.2, -0.15) is 0 Å². The van der Waals surface area contributed by atoms with Crippen molar-refractivity contribution in [3.05, 3.63) is 0 Å². The van der Waals surface area contributed by atoms with E-state index in [2.05, 4.69) is 29.8 Å². The third-order valence-electron chi connectivity index (χ3n) is 5.02. The second-order valence-corrected chi connectivity index (χ2v) is 6.62. The van der Waals surface area contributed by atoms with Gasteiger partial charge < -0.3 is 0 Å². The molecule has 4 aliphatic carbocycles. The number of rotatable bonds is 0. The van der Waals surface area contributed by atoms with E-state index >= 15 is 0 Å². The van der Waals surface area contributed by atoms with Gasteiger partial charge in [-0.15, -0.1) is 0 Å². The molecule has 0 amide bonds. The van der Waals surface area contributed by atoms with E-state index in [1.807, 2.05) is 0 Å². The minimum absolute atomic E-state index is 0.0150. The molecule has 66 valence electrons. The number of carbonyl (C=O) groups excluding carboxylic acids is 1. The van der Waals surface area contributed by atoms with Crippen molar-refractivity contribution in [2.75, 3.05) is 0 Å². The maximum Gasteiger partial charge on any atom is 0.156 e. The van der Waals surface area contributed by atoms with E-state index in [1.165, 1.54) is 6.42 Å². The Kier molecular flexibility index (Phi) is 0.980. The zero-order valence-corrected chi connectivity index (χ0v) is 9.07. The summed E-state index contributed by atoms with van der Waals surface area (Å²) in [5.41, 5.74) is 0.356. The number of ketones is 1. The molecular weight excluding hydrogens is 216 g/mol. The van der Waals surface area contributed by atoms with Gasteiger partial charge in [0.2, 0.25) is 0 Å². The molecule has 0 radical (unpaired) electrons. The SMILES string of the molecule is C[C@@]12C[C@@]3(Br)C(=O)[C@@]1(C)CC[C@@H]32. The predicted molar refractivity (Wildman–Crippen MR) is 50.2 cm³/mol. The number of alkyl halides is 1. The molecule has 4 bridgehead atoms. The lowest BCUT2D eigenvalue weighted by Gasteiger charge is -2.48.